The van der Waals surface area contributed by atoms with E-state index in [0.29, 0.717) is 36.6 Å². The number of hydrogen-bond acceptors (Lipinski definition) is 4. The highest BCUT2D eigenvalue weighted by Gasteiger charge is 2.29. The molecule has 0 bridgehead atoms. The van der Waals surface area contributed by atoms with Gasteiger partial charge in [0, 0.05) is 24.2 Å². The zero-order valence-corrected chi connectivity index (χ0v) is 12.5. The molecule has 5 heteroatoms. The first-order valence-corrected chi connectivity index (χ1v) is 7.35. The van der Waals surface area contributed by atoms with Gasteiger partial charge in [-0.05, 0) is 30.3 Å². The Labute approximate surface area is 134 Å². The molecule has 116 valence electrons. The van der Waals surface area contributed by atoms with Gasteiger partial charge in [-0.1, -0.05) is 18.2 Å². The maximum atomic E-state index is 12.1. The summed E-state index contributed by atoms with van der Waals surface area (Å²) in [5.74, 6) is 0.551. The van der Waals surface area contributed by atoms with E-state index in [1.165, 1.54) is 0 Å². The molecule has 1 aliphatic heterocycles. The van der Waals surface area contributed by atoms with E-state index in [-0.39, 0.29) is 5.91 Å². The highest BCUT2D eigenvalue weighted by atomic mass is 16.5. The van der Waals surface area contributed by atoms with Crippen LogP contribution in [0.4, 0.5) is 0 Å². The molecule has 0 atom stereocenters. The van der Waals surface area contributed by atoms with Crippen LogP contribution in [0.5, 0.6) is 5.75 Å². The van der Waals surface area contributed by atoms with E-state index in [1.807, 2.05) is 18.2 Å². The summed E-state index contributed by atoms with van der Waals surface area (Å²) in [5, 5.41) is 18.3. The maximum Gasteiger partial charge on any atom is 0.254 e. The summed E-state index contributed by atoms with van der Waals surface area (Å²) in [6, 6.07) is 16.3. The molecule has 5 nitrogen and oxygen atoms in total. The van der Waals surface area contributed by atoms with Crippen molar-refractivity contribution in [1.82, 2.24) is 4.90 Å². The van der Waals surface area contributed by atoms with Gasteiger partial charge in [-0.25, -0.2) is 0 Å². The predicted octanol–water partition coefficient (Wildman–Crippen LogP) is 1.95. The SMILES string of the molecule is N#Cc1ccccc1COc1ccc(C(=O)N2CC(O)C2)cc1. The molecule has 2 aromatic rings. The van der Waals surface area contributed by atoms with Crippen molar-refractivity contribution in [3.8, 4) is 11.8 Å². The van der Waals surface area contributed by atoms with Crippen LogP contribution in [0.25, 0.3) is 0 Å². The molecule has 0 spiro atoms. The van der Waals surface area contributed by atoms with Gasteiger partial charge in [0.15, 0.2) is 0 Å². The number of nitrogens with zero attached hydrogens (tertiary/aromatic N) is 2. The summed E-state index contributed by atoms with van der Waals surface area (Å²) in [6.45, 7) is 1.08. The first kappa shape index (κ1) is 15.1. The van der Waals surface area contributed by atoms with Gasteiger partial charge in [-0.15, -0.1) is 0 Å². The fourth-order valence-corrected chi connectivity index (χ4v) is 2.41. The number of aliphatic hydroxyl groups is 1. The van der Waals surface area contributed by atoms with E-state index in [1.54, 1.807) is 35.2 Å². The normalized spacial score (nSPS) is 14.0. The zero-order chi connectivity index (χ0) is 16.2. The molecular formula is C18H16N2O3. The van der Waals surface area contributed by atoms with Gasteiger partial charge in [0.1, 0.15) is 12.4 Å². The van der Waals surface area contributed by atoms with E-state index >= 15 is 0 Å². The van der Waals surface area contributed by atoms with Crippen LogP contribution in [0, 0.1) is 11.3 Å². The molecule has 23 heavy (non-hydrogen) atoms. The highest BCUT2D eigenvalue weighted by molar-refractivity contribution is 5.94. The molecule has 0 aromatic heterocycles. The van der Waals surface area contributed by atoms with Gasteiger partial charge in [0.2, 0.25) is 0 Å². The van der Waals surface area contributed by atoms with Crippen LogP contribution in [-0.2, 0) is 6.61 Å². The van der Waals surface area contributed by atoms with E-state index in [0.717, 1.165) is 5.56 Å². The van der Waals surface area contributed by atoms with Crippen molar-refractivity contribution in [2.75, 3.05) is 13.1 Å². The Morgan fingerprint density at radius 1 is 1.22 bits per heavy atom. The molecule has 1 saturated heterocycles. The number of rotatable bonds is 4. The van der Waals surface area contributed by atoms with Crippen LogP contribution in [0.3, 0.4) is 0 Å². The summed E-state index contributed by atoms with van der Waals surface area (Å²) in [6.07, 6.45) is -0.401. The molecule has 0 radical (unpaired) electrons. The van der Waals surface area contributed by atoms with E-state index in [4.69, 9.17) is 10.00 Å². The Morgan fingerprint density at radius 2 is 1.91 bits per heavy atom. The lowest BCUT2D eigenvalue weighted by molar-refractivity contribution is 0.00589. The van der Waals surface area contributed by atoms with E-state index in [9.17, 15) is 9.90 Å². The van der Waals surface area contributed by atoms with Gasteiger partial charge in [0.25, 0.3) is 5.91 Å². The minimum atomic E-state index is -0.401. The van der Waals surface area contributed by atoms with E-state index < -0.39 is 6.10 Å². The Bertz CT molecular complexity index is 744. The van der Waals surface area contributed by atoms with Crippen molar-refractivity contribution >= 4 is 5.91 Å². The Kier molecular flexibility index (Phi) is 4.26. The van der Waals surface area contributed by atoms with Crippen molar-refractivity contribution in [2.45, 2.75) is 12.7 Å². The quantitative estimate of drug-likeness (QED) is 0.937. The minimum absolute atomic E-state index is 0.0864. The fraction of sp³-hybridized carbons (Fsp3) is 0.222. The Morgan fingerprint density at radius 3 is 2.57 bits per heavy atom. The molecule has 2 aromatic carbocycles. The first-order valence-electron chi connectivity index (χ1n) is 7.35. The number of aliphatic hydroxyl groups excluding tert-OH is 1. The van der Waals surface area contributed by atoms with Crippen LogP contribution in [0.15, 0.2) is 48.5 Å². The number of carbonyl (C=O) groups excluding carboxylic acids is 1. The van der Waals surface area contributed by atoms with Gasteiger partial charge in [-0.2, -0.15) is 5.26 Å². The number of β-amino-alcohol motifs (C(OH)–C–C–N with tert-alkyl or cyclic N) is 1. The lowest BCUT2D eigenvalue weighted by atomic mass is 10.1. The molecule has 3 rings (SSSR count). The third-order valence-corrected chi connectivity index (χ3v) is 3.78. The average molecular weight is 308 g/mol. The highest BCUT2D eigenvalue weighted by Crippen LogP contribution is 2.18. The molecule has 0 unspecified atom stereocenters. The van der Waals surface area contributed by atoms with Gasteiger partial charge >= 0.3 is 0 Å². The van der Waals surface area contributed by atoms with Crippen LogP contribution in [0.1, 0.15) is 21.5 Å². The van der Waals surface area contributed by atoms with Crippen molar-refractivity contribution < 1.29 is 14.6 Å². The average Bonchev–Trinajstić information content (AvgIpc) is 2.57. The molecular weight excluding hydrogens is 292 g/mol. The van der Waals surface area contributed by atoms with Crippen LogP contribution < -0.4 is 4.74 Å². The third-order valence-electron chi connectivity index (χ3n) is 3.78. The lowest BCUT2D eigenvalue weighted by Gasteiger charge is -2.35. The lowest BCUT2D eigenvalue weighted by Crippen LogP contribution is -2.53. The molecule has 1 amide bonds. The molecule has 1 N–H and O–H groups in total. The predicted molar refractivity (Wildman–Crippen MR) is 83.8 cm³/mol. The second-order valence-electron chi connectivity index (χ2n) is 5.45. The van der Waals surface area contributed by atoms with Crippen molar-refractivity contribution in [1.29, 1.82) is 5.26 Å². The fourth-order valence-electron chi connectivity index (χ4n) is 2.41. The summed E-state index contributed by atoms with van der Waals surface area (Å²) >= 11 is 0. The molecule has 0 aliphatic carbocycles. The van der Waals surface area contributed by atoms with Crippen molar-refractivity contribution in [3.63, 3.8) is 0 Å². The van der Waals surface area contributed by atoms with Gasteiger partial charge in [-0.3, -0.25) is 4.79 Å². The van der Waals surface area contributed by atoms with Crippen molar-refractivity contribution in [3.05, 3.63) is 65.2 Å². The summed E-state index contributed by atoms with van der Waals surface area (Å²) in [5.41, 5.74) is 1.99. The molecule has 1 heterocycles. The standard InChI is InChI=1S/C18H16N2O3/c19-9-14-3-1-2-4-15(14)12-23-17-7-5-13(6-8-17)18(22)20-10-16(21)11-20/h1-8,16,21H,10-12H2. The summed E-state index contributed by atoms with van der Waals surface area (Å²) < 4.78 is 5.67. The Balaban J connectivity index is 1.62. The molecule has 1 fully saturated rings. The minimum Gasteiger partial charge on any atom is -0.489 e. The number of carbonyl (C=O) groups is 1. The van der Waals surface area contributed by atoms with E-state index in [2.05, 4.69) is 6.07 Å². The molecule has 0 saturated carbocycles. The smallest absolute Gasteiger partial charge is 0.254 e. The number of nitriles is 1. The Hall–Kier alpha value is -2.84. The first-order chi connectivity index (χ1) is 11.2. The second kappa shape index (κ2) is 6.51. The number of likely N-dealkylation sites (tertiary alicyclic amines) is 1. The number of benzene rings is 2. The maximum absolute atomic E-state index is 12.1. The third kappa shape index (κ3) is 3.33. The van der Waals surface area contributed by atoms with Gasteiger partial charge < -0.3 is 14.7 Å². The monoisotopic (exact) mass is 308 g/mol. The number of ether oxygens (including phenoxy) is 1. The van der Waals surface area contributed by atoms with Crippen LogP contribution in [0.2, 0.25) is 0 Å². The van der Waals surface area contributed by atoms with Gasteiger partial charge in [0.05, 0.1) is 17.7 Å². The largest absolute Gasteiger partial charge is 0.489 e. The van der Waals surface area contributed by atoms with Crippen LogP contribution in [-0.4, -0.2) is 35.1 Å². The molecule has 1 aliphatic rings. The summed E-state index contributed by atoms with van der Waals surface area (Å²) in [4.78, 5) is 13.7. The topological polar surface area (TPSA) is 73.6 Å². The van der Waals surface area contributed by atoms with Crippen molar-refractivity contribution in [2.24, 2.45) is 0 Å². The second-order valence-corrected chi connectivity index (χ2v) is 5.45. The zero-order valence-electron chi connectivity index (χ0n) is 12.5. The van der Waals surface area contributed by atoms with Crippen LogP contribution >= 0.6 is 0 Å². The summed E-state index contributed by atoms with van der Waals surface area (Å²) in [7, 11) is 0. The number of amides is 1. The number of hydrogen-bond donors (Lipinski definition) is 1.